The van der Waals surface area contributed by atoms with Gasteiger partial charge in [0, 0.05) is 11.4 Å². The predicted octanol–water partition coefficient (Wildman–Crippen LogP) is 3.51. The van der Waals surface area contributed by atoms with Gasteiger partial charge in [-0.25, -0.2) is 4.98 Å². The van der Waals surface area contributed by atoms with Gasteiger partial charge in [-0.1, -0.05) is 0 Å². The predicted molar refractivity (Wildman–Crippen MR) is 94.9 cm³/mol. The van der Waals surface area contributed by atoms with Crippen LogP contribution in [0.25, 0.3) is 0 Å². The van der Waals surface area contributed by atoms with Crippen molar-refractivity contribution >= 4 is 36.2 Å². The van der Waals surface area contributed by atoms with Gasteiger partial charge in [-0.15, -0.1) is 36.2 Å². The van der Waals surface area contributed by atoms with E-state index in [-0.39, 0.29) is 24.8 Å². The zero-order valence-electron chi connectivity index (χ0n) is 12.7. The fourth-order valence-electron chi connectivity index (χ4n) is 3.58. The topological polar surface area (TPSA) is 28.2 Å². The zero-order valence-corrected chi connectivity index (χ0v) is 15.2. The molecule has 0 saturated carbocycles. The van der Waals surface area contributed by atoms with Crippen molar-refractivity contribution in [2.45, 2.75) is 39.2 Å². The summed E-state index contributed by atoms with van der Waals surface area (Å²) in [6.07, 6.45) is 5.61. The Labute approximate surface area is 144 Å². The smallest absolute Gasteiger partial charge is 0.0798 e. The molecular weight excluding hydrogens is 325 g/mol. The molecule has 2 aliphatic rings. The Morgan fingerprint density at radius 2 is 1.76 bits per heavy atom. The summed E-state index contributed by atoms with van der Waals surface area (Å²) in [4.78, 5) is 8.44. The van der Waals surface area contributed by atoms with Crippen molar-refractivity contribution in [2.24, 2.45) is 11.8 Å². The van der Waals surface area contributed by atoms with E-state index in [1.54, 1.807) is 0 Å². The number of thiazole rings is 1. The van der Waals surface area contributed by atoms with E-state index >= 15 is 0 Å². The lowest BCUT2D eigenvalue weighted by Crippen LogP contribution is -2.39. The van der Waals surface area contributed by atoms with Crippen LogP contribution in [0, 0.1) is 18.8 Å². The second kappa shape index (κ2) is 9.31. The first-order valence-corrected chi connectivity index (χ1v) is 8.53. The zero-order chi connectivity index (χ0) is 13.1. The minimum atomic E-state index is 0. The van der Waals surface area contributed by atoms with Crippen LogP contribution in [0.1, 0.15) is 36.3 Å². The molecule has 0 spiro atoms. The Morgan fingerprint density at radius 1 is 1.14 bits per heavy atom. The molecule has 0 aliphatic carbocycles. The molecule has 6 heteroatoms. The average Bonchev–Trinajstić information content (AvgIpc) is 2.86. The Hall–Kier alpha value is 0.130. The molecule has 3 nitrogen and oxygen atoms in total. The van der Waals surface area contributed by atoms with Gasteiger partial charge < -0.3 is 5.32 Å². The molecule has 21 heavy (non-hydrogen) atoms. The van der Waals surface area contributed by atoms with E-state index in [1.807, 2.05) is 16.8 Å². The number of aromatic nitrogens is 1. The minimum Gasteiger partial charge on any atom is -0.317 e. The van der Waals surface area contributed by atoms with Crippen LogP contribution in [-0.2, 0) is 6.54 Å². The molecular formula is C15H27Cl2N3S. The highest BCUT2D eigenvalue weighted by molar-refractivity contribution is 7.09. The molecule has 0 amide bonds. The maximum absolute atomic E-state index is 4.36. The molecule has 2 aliphatic heterocycles. The third kappa shape index (κ3) is 5.07. The molecule has 122 valence electrons. The van der Waals surface area contributed by atoms with Gasteiger partial charge in [0.2, 0.25) is 0 Å². The van der Waals surface area contributed by atoms with Gasteiger partial charge in [-0.2, -0.15) is 0 Å². The van der Waals surface area contributed by atoms with E-state index in [0.29, 0.717) is 0 Å². The molecule has 1 aromatic heterocycles. The number of halogens is 2. The molecule has 2 fully saturated rings. The largest absolute Gasteiger partial charge is 0.317 e. The lowest BCUT2D eigenvalue weighted by atomic mass is 9.79. The van der Waals surface area contributed by atoms with Crippen molar-refractivity contribution in [3.8, 4) is 0 Å². The highest BCUT2D eigenvalue weighted by Crippen LogP contribution is 2.31. The van der Waals surface area contributed by atoms with Crippen molar-refractivity contribution in [3.05, 3.63) is 16.1 Å². The van der Waals surface area contributed by atoms with Gasteiger partial charge in [0.1, 0.15) is 0 Å². The number of rotatable bonds is 3. The van der Waals surface area contributed by atoms with E-state index in [1.165, 1.54) is 62.4 Å². The Bertz CT molecular complexity index is 399. The summed E-state index contributed by atoms with van der Waals surface area (Å²) in [5, 5.41) is 3.48. The van der Waals surface area contributed by atoms with Gasteiger partial charge in [0.15, 0.2) is 0 Å². The van der Waals surface area contributed by atoms with E-state index in [2.05, 4.69) is 22.1 Å². The minimum absolute atomic E-state index is 0. The molecule has 3 rings (SSSR count). The van der Waals surface area contributed by atoms with Gasteiger partial charge in [-0.05, 0) is 70.6 Å². The fourth-order valence-corrected chi connectivity index (χ4v) is 4.40. The molecule has 0 bridgehead atoms. The van der Waals surface area contributed by atoms with Gasteiger partial charge in [-0.3, -0.25) is 4.90 Å². The maximum atomic E-state index is 4.36. The third-order valence-electron chi connectivity index (χ3n) is 4.89. The second-order valence-corrected chi connectivity index (χ2v) is 7.00. The van der Waals surface area contributed by atoms with Gasteiger partial charge >= 0.3 is 0 Å². The number of hydrogen-bond donors (Lipinski definition) is 1. The summed E-state index contributed by atoms with van der Waals surface area (Å²) >= 11 is 1.81. The summed E-state index contributed by atoms with van der Waals surface area (Å²) in [6, 6.07) is 0. The third-order valence-corrected chi connectivity index (χ3v) is 5.81. The Morgan fingerprint density at radius 3 is 2.33 bits per heavy atom. The Kier molecular flexibility index (Phi) is 8.50. The van der Waals surface area contributed by atoms with E-state index < -0.39 is 0 Å². The molecule has 1 N–H and O–H groups in total. The summed E-state index contributed by atoms with van der Waals surface area (Å²) < 4.78 is 0. The first kappa shape index (κ1) is 19.2. The van der Waals surface area contributed by atoms with Gasteiger partial charge in [0.25, 0.3) is 0 Å². The number of likely N-dealkylation sites (tertiary alicyclic amines) is 1. The molecule has 3 heterocycles. The van der Waals surface area contributed by atoms with Crippen LogP contribution in [-0.4, -0.2) is 36.1 Å². The van der Waals surface area contributed by atoms with Crippen molar-refractivity contribution in [3.63, 3.8) is 0 Å². The first-order valence-electron chi connectivity index (χ1n) is 7.65. The number of hydrogen-bond acceptors (Lipinski definition) is 4. The standard InChI is InChI=1S/C15H25N3S.2ClH/c1-12-15(19-11-17-12)10-18-8-4-14(5-9-18)13-2-6-16-7-3-13;;/h11,13-14,16H,2-10H2,1H3;2*1H. The summed E-state index contributed by atoms with van der Waals surface area (Å²) in [5.74, 6) is 1.98. The molecule has 0 aromatic carbocycles. The van der Waals surface area contributed by atoms with Crippen LogP contribution >= 0.6 is 36.2 Å². The molecule has 0 unspecified atom stereocenters. The summed E-state index contributed by atoms with van der Waals surface area (Å²) in [7, 11) is 0. The van der Waals surface area contributed by atoms with Crippen LogP contribution in [0.15, 0.2) is 5.51 Å². The van der Waals surface area contributed by atoms with Crippen LogP contribution in [0.3, 0.4) is 0 Å². The highest BCUT2D eigenvalue weighted by atomic mass is 35.5. The average molecular weight is 352 g/mol. The van der Waals surface area contributed by atoms with E-state index in [0.717, 1.165) is 18.4 Å². The number of nitrogens with zero attached hydrogens (tertiary/aromatic N) is 2. The van der Waals surface area contributed by atoms with Gasteiger partial charge in [0.05, 0.1) is 11.2 Å². The van der Waals surface area contributed by atoms with Crippen molar-refractivity contribution in [2.75, 3.05) is 26.2 Å². The van der Waals surface area contributed by atoms with Crippen molar-refractivity contribution in [1.82, 2.24) is 15.2 Å². The summed E-state index contributed by atoms with van der Waals surface area (Å²) in [6.45, 7) is 8.30. The van der Waals surface area contributed by atoms with Crippen LogP contribution < -0.4 is 5.32 Å². The maximum Gasteiger partial charge on any atom is 0.0798 e. The van der Waals surface area contributed by atoms with Crippen molar-refractivity contribution in [1.29, 1.82) is 0 Å². The van der Waals surface area contributed by atoms with Crippen LogP contribution in [0.4, 0.5) is 0 Å². The lowest BCUT2D eigenvalue weighted by molar-refractivity contribution is 0.126. The normalized spacial score (nSPS) is 21.6. The van der Waals surface area contributed by atoms with Crippen LogP contribution in [0.5, 0.6) is 0 Å². The van der Waals surface area contributed by atoms with Crippen molar-refractivity contribution < 1.29 is 0 Å². The Balaban J connectivity index is 0.00000110. The molecule has 2 saturated heterocycles. The number of nitrogens with one attached hydrogen (secondary N) is 1. The molecule has 0 radical (unpaired) electrons. The van der Waals surface area contributed by atoms with Crippen LogP contribution in [0.2, 0.25) is 0 Å². The fraction of sp³-hybridized carbons (Fsp3) is 0.800. The monoisotopic (exact) mass is 351 g/mol. The first-order chi connectivity index (χ1) is 9.33. The lowest BCUT2D eigenvalue weighted by Gasteiger charge is -2.37. The number of aryl methyl sites for hydroxylation is 1. The highest BCUT2D eigenvalue weighted by Gasteiger charge is 2.27. The molecule has 0 atom stereocenters. The van der Waals surface area contributed by atoms with E-state index in [9.17, 15) is 0 Å². The molecule has 1 aromatic rings. The summed E-state index contributed by atoms with van der Waals surface area (Å²) in [5.41, 5.74) is 3.21. The van der Waals surface area contributed by atoms with E-state index in [4.69, 9.17) is 0 Å². The SMILES string of the molecule is Cc1ncsc1CN1CCC(C2CCNCC2)CC1.Cl.Cl. The quantitative estimate of drug-likeness (QED) is 0.902. The second-order valence-electron chi connectivity index (χ2n) is 6.06. The number of piperidine rings is 2.